The van der Waals surface area contributed by atoms with Gasteiger partial charge >= 0.3 is 5.97 Å². The van der Waals surface area contributed by atoms with E-state index in [4.69, 9.17) is 9.47 Å². The molecule has 0 aromatic heterocycles. The van der Waals surface area contributed by atoms with E-state index in [1.165, 1.54) is 0 Å². The van der Waals surface area contributed by atoms with Crippen molar-refractivity contribution < 1.29 is 24.2 Å². The minimum absolute atomic E-state index is 0.229. The van der Waals surface area contributed by atoms with E-state index in [9.17, 15) is 14.7 Å². The molecule has 116 valence electrons. The van der Waals surface area contributed by atoms with Gasteiger partial charge in [0.1, 0.15) is 5.92 Å². The molecular weight excluding hydrogens is 276 g/mol. The summed E-state index contributed by atoms with van der Waals surface area (Å²) in [6.07, 6.45) is 2.65. The maximum atomic E-state index is 12.3. The molecule has 1 amide bonds. The van der Waals surface area contributed by atoms with Crippen LogP contribution in [0.25, 0.3) is 0 Å². The molecule has 2 fully saturated rings. The highest BCUT2D eigenvalue weighted by Crippen LogP contribution is 2.39. The zero-order valence-electron chi connectivity index (χ0n) is 11.7. The Hall–Kier alpha value is -1.44. The van der Waals surface area contributed by atoms with Crippen molar-refractivity contribution in [2.24, 2.45) is 11.8 Å². The highest BCUT2D eigenvalue weighted by Gasteiger charge is 2.53. The smallest absolute Gasteiger partial charge is 0.310 e. The van der Waals surface area contributed by atoms with Gasteiger partial charge in [-0.15, -0.1) is 0 Å². The van der Waals surface area contributed by atoms with E-state index < -0.39 is 30.0 Å². The van der Waals surface area contributed by atoms with E-state index in [0.29, 0.717) is 6.54 Å². The molecule has 21 heavy (non-hydrogen) atoms. The number of fused-ring (bicyclic) bond motifs is 2. The van der Waals surface area contributed by atoms with Crippen molar-refractivity contribution in [1.82, 2.24) is 10.2 Å². The molecule has 0 spiro atoms. The molecule has 2 N–H and O–H groups in total. The molecule has 0 aliphatic carbocycles. The molecule has 0 unspecified atom stereocenters. The molecule has 3 aliphatic heterocycles. The summed E-state index contributed by atoms with van der Waals surface area (Å²) >= 11 is 0. The molecule has 7 heteroatoms. The van der Waals surface area contributed by atoms with Crippen LogP contribution in [0.5, 0.6) is 0 Å². The zero-order valence-corrected chi connectivity index (χ0v) is 11.7. The summed E-state index contributed by atoms with van der Waals surface area (Å²) in [5.74, 6) is -2.60. The molecule has 3 aliphatic rings. The molecule has 0 radical (unpaired) electrons. The van der Waals surface area contributed by atoms with Crippen LogP contribution in [0.15, 0.2) is 12.2 Å². The lowest BCUT2D eigenvalue weighted by Gasteiger charge is -2.27. The van der Waals surface area contributed by atoms with Crippen molar-refractivity contribution in [3.63, 3.8) is 0 Å². The van der Waals surface area contributed by atoms with E-state index in [1.807, 2.05) is 0 Å². The van der Waals surface area contributed by atoms with Gasteiger partial charge in [-0.1, -0.05) is 12.2 Å². The Morgan fingerprint density at radius 3 is 2.52 bits per heavy atom. The molecule has 3 heterocycles. The summed E-state index contributed by atoms with van der Waals surface area (Å²) in [7, 11) is 0. The van der Waals surface area contributed by atoms with Gasteiger partial charge in [0.25, 0.3) is 0 Å². The number of amides is 1. The Kier molecular flexibility index (Phi) is 4.23. The van der Waals surface area contributed by atoms with Crippen molar-refractivity contribution in [2.45, 2.75) is 12.2 Å². The van der Waals surface area contributed by atoms with Gasteiger partial charge in [-0.05, 0) is 0 Å². The molecule has 2 saturated heterocycles. The number of ether oxygens (including phenoxy) is 2. The Labute approximate surface area is 122 Å². The normalized spacial score (nSPS) is 35.0. The number of carbonyl (C=O) groups is 2. The van der Waals surface area contributed by atoms with Crippen molar-refractivity contribution >= 4 is 11.9 Å². The van der Waals surface area contributed by atoms with E-state index in [0.717, 1.165) is 32.8 Å². The van der Waals surface area contributed by atoms with E-state index in [2.05, 4.69) is 10.2 Å². The fraction of sp³-hybridized carbons (Fsp3) is 0.714. The maximum Gasteiger partial charge on any atom is 0.310 e. The first-order valence-electron chi connectivity index (χ1n) is 7.31. The Bertz CT molecular complexity index is 447. The number of nitrogens with one attached hydrogen (secondary N) is 1. The van der Waals surface area contributed by atoms with Crippen LogP contribution in [0.2, 0.25) is 0 Å². The average molecular weight is 296 g/mol. The molecule has 4 atom stereocenters. The number of rotatable bonds is 5. The van der Waals surface area contributed by atoms with Gasteiger partial charge in [0.15, 0.2) is 0 Å². The number of morpholine rings is 1. The summed E-state index contributed by atoms with van der Waals surface area (Å²) in [5.41, 5.74) is 0. The first-order valence-corrected chi connectivity index (χ1v) is 7.31. The molecular formula is C14H20N2O5. The van der Waals surface area contributed by atoms with Crippen LogP contribution in [0.1, 0.15) is 0 Å². The fourth-order valence-corrected chi connectivity index (χ4v) is 3.19. The summed E-state index contributed by atoms with van der Waals surface area (Å²) in [4.78, 5) is 25.8. The zero-order chi connectivity index (χ0) is 14.8. The Morgan fingerprint density at radius 2 is 1.86 bits per heavy atom. The number of carboxylic acids is 1. The van der Waals surface area contributed by atoms with Gasteiger partial charge in [-0.3, -0.25) is 14.5 Å². The third kappa shape index (κ3) is 2.95. The van der Waals surface area contributed by atoms with E-state index in [-0.39, 0.29) is 5.91 Å². The van der Waals surface area contributed by atoms with Crippen LogP contribution < -0.4 is 5.32 Å². The number of nitrogens with zero attached hydrogens (tertiary/aromatic N) is 1. The summed E-state index contributed by atoms with van der Waals surface area (Å²) in [5, 5.41) is 12.1. The fourth-order valence-electron chi connectivity index (χ4n) is 3.19. The predicted octanol–water partition coefficient (Wildman–Crippen LogP) is -0.911. The molecule has 0 aromatic rings. The van der Waals surface area contributed by atoms with E-state index in [1.54, 1.807) is 12.2 Å². The van der Waals surface area contributed by atoms with Crippen LogP contribution in [-0.4, -0.2) is 73.5 Å². The highest BCUT2D eigenvalue weighted by molar-refractivity contribution is 5.87. The molecule has 2 bridgehead atoms. The number of carboxylic acid groups (broad SMARTS) is 1. The molecule has 0 aromatic carbocycles. The quantitative estimate of drug-likeness (QED) is 0.639. The number of aliphatic carboxylic acids is 1. The summed E-state index contributed by atoms with van der Waals surface area (Å²) in [6, 6.07) is 0. The monoisotopic (exact) mass is 296 g/mol. The lowest BCUT2D eigenvalue weighted by atomic mass is 9.82. The summed E-state index contributed by atoms with van der Waals surface area (Å²) < 4.78 is 10.8. The average Bonchev–Trinajstić information content (AvgIpc) is 3.08. The summed E-state index contributed by atoms with van der Waals surface area (Å²) in [6.45, 7) is 4.45. The Balaban J connectivity index is 1.50. The van der Waals surface area contributed by atoms with Crippen LogP contribution in [0.4, 0.5) is 0 Å². The SMILES string of the molecule is O=C(NCCN1CCOCC1)[C@@H]1[C@H](C(=O)O)[C@@H]2C=C[C@H]1O2. The van der Waals surface area contributed by atoms with E-state index >= 15 is 0 Å². The molecule has 0 saturated carbocycles. The number of hydrogen-bond acceptors (Lipinski definition) is 5. The largest absolute Gasteiger partial charge is 0.481 e. The number of carbonyl (C=O) groups excluding carboxylic acids is 1. The Morgan fingerprint density at radius 1 is 1.19 bits per heavy atom. The van der Waals surface area contributed by atoms with Crippen molar-refractivity contribution in [3.05, 3.63) is 12.2 Å². The maximum absolute atomic E-state index is 12.3. The minimum Gasteiger partial charge on any atom is -0.481 e. The first kappa shape index (κ1) is 14.5. The van der Waals surface area contributed by atoms with Crippen LogP contribution >= 0.6 is 0 Å². The van der Waals surface area contributed by atoms with Gasteiger partial charge in [-0.25, -0.2) is 0 Å². The van der Waals surface area contributed by atoms with Crippen molar-refractivity contribution in [2.75, 3.05) is 39.4 Å². The molecule has 7 nitrogen and oxygen atoms in total. The van der Waals surface area contributed by atoms with Crippen molar-refractivity contribution in [1.29, 1.82) is 0 Å². The molecule has 3 rings (SSSR count). The van der Waals surface area contributed by atoms with Gasteiger partial charge < -0.3 is 19.9 Å². The highest BCUT2D eigenvalue weighted by atomic mass is 16.5. The van der Waals surface area contributed by atoms with Gasteiger partial charge in [0, 0.05) is 26.2 Å². The van der Waals surface area contributed by atoms with Crippen LogP contribution in [-0.2, 0) is 19.1 Å². The minimum atomic E-state index is -0.972. The van der Waals surface area contributed by atoms with Gasteiger partial charge in [0.2, 0.25) is 5.91 Å². The second-order valence-electron chi connectivity index (χ2n) is 5.59. The standard InChI is InChI=1S/C14H20N2O5/c17-13(15-3-4-16-5-7-20-8-6-16)11-9-1-2-10(21-9)12(11)14(18)19/h1-2,9-12H,3-8H2,(H,15,17)(H,18,19)/t9-,10+,11+,12-/m1/s1. The lowest BCUT2D eigenvalue weighted by molar-refractivity contribution is -0.146. The third-order valence-electron chi connectivity index (χ3n) is 4.32. The van der Waals surface area contributed by atoms with Crippen LogP contribution in [0, 0.1) is 11.8 Å². The lowest BCUT2D eigenvalue weighted by Crippen LogP contribution is -2.46. The topological polar surface area (TPSA) is 88.1 Å². The van der Waals surface area contributed by atoms with Gasteiger partial charge in [0.05, 0.1) is 31.3 Å². The van der Waals surface area contributed by atoms with Gasteiger partial charge in [-0.2, -0.15) is 0 Å². The number of hydrogen-bond donors (Lipinski definition) is 2. The predicted molar refractivity (Wildman–Crippen MR) is 72.7 cm³/mol. The van der Waals surface area contributed by atoms with Crippen LogP contribution in [0.3, 0.4) is 0 Å². The second-order valence-corrected chi connectivity index (χ2v) is 5.59. The third-order valence-corrected chi connectivity index (χ3v) is 4.32. The van der Waals surface area contributed by atoms with Crippen molar-refractivity contribution in [3.8, 4) is 0 Å². The first-order chi connectivity index (χ1) is 10.2. The second kappa shape index (κ2) is 6.13.